The van der Waals surface area contributed by atoms with Gasteiger partial charge in [-0.25, -0.2) is 4.98 Å². The number of nitrogens with zero attached hydrogens (tertiary/aromatic N) is 1. The van der Waals surface area contributed by atoms with Crippen molar-refractivity contribution in [2.75, 3.05) is 11.9 Å². The molecule has 2 heterocycles. The fraction of sp³-hybridized carbons (Fsp3) is 0.300. The Morgan fingerprint density at radius 3 is 2.31 bits per heavy atom. The number of pyridine rings is 1. The number of furan rings is 1. The number of benzene rings is 2. The first kappa shape index (κ1) is 27.5. The average Bonchev–Trinajstić information content (AvgIpc) is 3.24. The van der Waals surface area contributed by atoms with Crippen molar-refractivity contribution < 1.29 is 14.0 Å². The fourth-order valence-electron chi connectivity index (χ4n) is 5.07. The van der Waals surface area contributed by atoms with Crippen LogP contribution in [0.2, 0.25) is 15.1 Å². The van der Waals surface area contributed by atoms with Gasteiger partial charge in [-0.15, -0.1) is 0 Å². The van der Waals surface area contributed by atoms with Crippen molar-refractivity contribution in [1.82, 2.24) is 10.3 Å². The number of carbonyl (C=O) groups is 2. The molecule has 1 aliphatic carbocycles. The summed E-state index contributed by atoms with van der Waals surface area (Å²) in [7, 11) is 0. The largest absolute Gasteiger partial charge is 0.430 e. The van der Waals surface area contributed by atoms with Crippen LogP contribution in [-0.2, 0) is 4.79 Å². The summed E-state index contributed by atoms with van der Waals surface area (Å²) in [4.78, 5) is 30.3. The van der Waals surface area contributed by atoms with Gasteiger partial charge in [0.25, 0.3) is 5.91 Å². The minimum absolute atomic E-state index is 0.0123. The maximum absolute atomic E-state index is 13.3. The zero-order chi connectivity index (χ0) is 27.7. The van der Waals surface area contributed by atoms with E-state index in [2.05, 4.69) is 17.6 Å². The Kier molecular flexibility index (Phi) is 8.17. The van der Waals surface area contributed by atoms with E-state index in [-0.39, 0.29) is 23.1 Å². The van der Waals surface area contributed by atoms with Crippen molar-refractivity contribution in [3.63, 3.8) is 0 Å². The third kappa shape index (κ3) is 6.08. The van der Waals surface area contributed by atoms with Gasteiger partial charge in [-0.3, -0.25) is 9.59 Å². The van der Waals surface area contributed by atoms with Gasteiger partial charge in [-0.2, -0.15) is 0 Å². The van der Waals surface area contributed by atoms with Crippen molar-refractivity contribution in [2.24, 2.45) is 11.8 Å². The lowest BCUT2D eigenvalue weighted by atomic mass is 9.83. The SMILES string of the molecule is CC(=O)Nc1c(C(=O)NCC2CCC(C)CC2)oc2nc(-c3ccc(Cl)cc3Cl)c(-c3ccc(Cl)cc3)cc12. The highest BCUT2D eigenvalue weighted by Gasteiger charge is 2.26. The van der Waals surface area contributed by atoms with Gasteiger partial charge in [0.15, 0.2) is 0 Å². The number of nitrogens with one attached hydrogen (secondary N) is 2. The lowest BCUT2D eigenvalue weighted by Crippen LogP contribution is -2.31. The van der Waals surface area contributed by atoms with Crippen LogP contribution in [-0.4, -0.2) is 23.3 Å². The van der Waals surface area contributed by atoms with Gasteiger partial charge in [0.2, 0.25) is 17.4 Å². The minimum atomic E-state index is -0.394. The fourth-order valence-corrected chi connectivity index (χ4v) is 5.69. The third-order valence-corrected chi connectivity index (χ3v) is 8.02. The third-order valence-electron chi connectivity index (χ3n) is 7.22. The van der Waals surface area contributed by atoms with Gasteiger partial charge in [0.1, 0.15) is 5.69 Å². The summed E-state index contributed by atoms with van der Waals surface area (Å²) in [5, 5.41) is 7.80. The standard InChI is InChI=1S/C30H28Cl3N3O3/c1-16-3-5-18(6-4-16)15-34-29(38)28-27(35-17(2)37)24-14-23(19-7-9-20(31)10-8-19)26(36-30(24)39-28)22-12-11-21(32)13-25(22)33/h7-14,16,18H,3-6,15H2,1-2H3,(H,34,38)(H,35,37). The molecule has 0 atom stereocenters. The summed E-state index contributed by atoms with van der Waals surface area (Å²) in [5.74, 6) is 0.439. The number of carbonyl (C=O) groups excluding carboxylic acids is 2. The molecule has 39 heavy (non-hydrogen) atoms. The van der Waals surface area contributed by atoms with Crippen LogP contribution in [0.4, 0.5) is 5.69 Å². The molecule has 2 amide bonds. The molecule has 202 valence electrons. The molecular weight excluding hydrogens is 557 g/mol. The van der Waals surface area contributed by atoms with Crippen LogP contribution >= 0.6 is 34.8 Å². The molecule has 2 aromatic heterocycles. The van der Waals surface area contributed by atoms with E-state index in [4.69, 9.17) is 44.2 Å². The maximum atomic E-state index is 13.3. The quantitative estimate of drug-likeness (QED) is 0.238. The number of rotatable bonds is 6. The smallest absolute Gasteiger partial charge is 0.289 e. The summed E-state index contributed by atoms with van der Waals surface area (Å²) in [6.07, 6.45) is 4.49. The van der Waals surface area contributed by atoms with E-state index < -0.39 is 5.91 Å². The van der Waals surface area contributed by atoms with E-state index in [1.165, 1.54) is 6.92 Å². The number of anilines is 1. The van der Waals surface area contributed by atoms with Gasteiger partial charge in [-0.1, -0.05) is 66.7 Å². The van der Waals surface area contributed by atoms with Crippen LogP contribution in [0, 0.1) is 11.8 Å². The molecule has 2 aromatic carbocycles. The van der Waals surface area contributed by atoms with Crippen molar-refractivity contribution in [2.45, 2.75) is 39.5 Å². The molecule has 6 nitrogen and oxygen atoms in total. The highest BCUT2D eigenvalue weighted by molar-refractivity contribution is 6.36. The van der Waals surface area contributed by atoms with Gasteiger partial charge in [0.05, 0.1) is 16.1 Å². The second kappa shape index (κ2) is 11.6. The first-order chi connectivity index (χ1) is 18.7. The van der Waals surface area contributed by atoms with E-state index in [1.54, 1.807) is 30.3 Å². The average molecular weight is 585 g/mol. The van der Waals surface area contributed by atoms with E-state index in [0.717, 1.165) is 42.7 Å². The number of hydrogen-bond donors (Lipinski definition) is 2. The molecule has 1 saturated carbocycles. The van der Waals surface area contributed by atoms with Gasteiger partial charge in [0, 0.05) is 34.6 Å². The monoisotopic (exact) mass is 583 g/mol. The van der Waals surface area contributed by atoms with Crippen LogP contribution in [0.25, 0.3) is 33.5 Å². The molecule has 1 fully saturated rings. The van der Waals surface area contributed by atoms with Gasteiger partial charge < -0.3 is 15.1 Å². The number of aromatic nitrogens is 1. The first-order valence-electron chi connectivity index (χ1n) is 12.9. The van der Waals surface area contributed by atoms with Gasteiger partial charge >= 0.3 is 0 Å². The molecule has 0 unspecified atom stereocenters. The van der Waals surface area contributed by atoms with Crippen molar-refractivity contribution in [1.29, 1.82) is 0 Å². The zero-order valence-corrected chi connectivity index (χ0v) is 23.9. The lowest BCUT2D eigenvalue weighted by molar-refractivity contribution is -0.114. The summed E-state index contributed by atoms with van der Waals surface area (Å²) in [6.45, 7) is 4.20. The predicted octanol–water partition coefficient (Wildman–Crippen LogP) is 8.64. The van der Waals surface area contributed by atoms with Crippen molar-refractivity contribution >= 4 is 63.4 Å². The Labute approximate surface area is 242 Å². The molecule has 9 heteroatoms. The second-order valence-electron chi connectivity index (χ2n) is 10.2. The normalized spacial score (nSPS) is 17.3. The maximum Gasteiger partial charge on any atom is 0.289 e. The Morgan fingerprint density at radius 1 is 0.949 bits per heavy atom. The highest BCUT2D eigenvalue weighted by Crippen LogP contribution is 2.41. The van der Waals surface area contributed by atoms with Crippen molar-refractivity contribution in [3.05, 3.63) is 69.4 Å². The van der Waals surface area contributed by atoms with Crippen LogP contribution < -0.4 is 10.6 Å². The first-order valence-corrected chi connectivity index (χ1v) is 14.1. The molecule has 2 N–H and O–H groups in total. The van der Waals surface area contributed by atoms with Gasteiger partial charge in [-0.05, 0) is 66.6 Å². The Balaban J connectivity index is 1.61. The minimum Gasteiger partial charge on any atom is -0.430 e. The number of halogens is 3. The number of fused-ring (bicyclic) bond motifs is 1. The van der Waals surface area contributed by atoms with Crippen LogP contribution in [0.15, 0.2) is 52.9 Å². The highest BCUT2D eigenvalue weighted by atomic mass is 35.5. The Bertz CT molecular complexity index is 1540. The van der Waals surface area contributed by atoms with Crippen LogP contribution in [0.5, 0.6) is 0 Å². The summed E-state index contributed by atoms with van der Waals surface area (Å²) < 4.78 is 6.03. The number of amides is 2. The molecule has 5 rings (SSSR count). The Morgan fingerprint density at radius 2 is 1.64 bits per heavy atom. The van der Waals surface area contributed by atoms with E-state index >= 15 is 0 Å². The van der Waals surface area contributed by atoms with Crippen LogP contribution in [0.3, 0.4) is 0 Å². The molecule has 0 radical (unpaired) electrons. The summed E-state index contributed by atoms with van der Waals surface area (Å²) in [6, 6.07) is 14.3. The molecule has 0 aliphatic heterocycles. The van der Waals surface area contributed by atoms with E-state index in [9.17, 15) is 9.59 Å². The van der Waals surface area contributed by atoms with Crippen molar-refractivity contribution in [3.8, 4) is 22.4 Å². The topological polar surface area (TPSA) is 84.2 Å². The predicted molar refractivity (Wildman–Crippen MR) is 158 cm³/mol. The zero-order valence-electron chi connectivity index (χ0n) is 21.6. The molecule has 4 aromatic rings. The molecule has 1 aliphatic rings. The molecule has 0 bridgehead atoms. The molecular formula is C30H28Cl3N3O3. The number of hydrogen-bond acceptors (Lipinski definition) is 4. The van der Waals surface area contributed by atoms with E-state index in [1.807, 2.05) is 18.2 Å². The van der Waals surface area contributed by atoms with Crippen LogP contribution in [0.1, 0.15) is 50.1 Å². The molecule has 0 saturated heterocycles. The second-order valence-corrected chi connectivity index (χ2v) is 11.5. The summed E-state index contributed by atoms with van der Waals surface area (Å²) in [5.41, 5.74) is 3.21. The molecule has 0 spiro atoms. The Hall–Kier alpha value is -3.06. The lowest BCUT2D eigenvalue weighted by Gasteiger charge is -2.26. The summed E-state index contributed by atoms with van der Waals surface area (Å²) >= 11 is 18.9. The van der Waals surface area contributed by atoms with E-state index in [0.29, 0.717) is 44.2 Å².